The molecule has 9 nitrogen and oxygen atoms in total. The van der Waals surface area contributed by atoms with Crippen molar-refractivity contribution in [1.29, 1.82) is 0 Å². The second kappa shape index (κ2) is 9.62. The Kier molecular flexibility index (Phi) is 6.25. The number of hydrogen-bond donors (Lipinski definition) is 1. The van der Waals surface area contributed by atoms with Crippen LogP contribution in [0.2, 0.25) is 0 Å². The van der Waals surface area contributed by atoms with E-state index in [1.165, 1.54) is 0 Å². The number of carbonyl (C=O) groups excluding carboxylic acids is 2. The molecule has 5 rings (SSSR count). The summed E-state index contributed by atoms with van der Waals surface area (Å²) in [6.45, 7) is 3.50. The number of nitrogens with zero attached hydrogens (tertiary/aromatic N) is 4. The van der Waals surface area contributed by atoms with Gasteiger partial charge in [-0.05, 0) is 36.2 Å². The number of rotatable bonds is 6. The molecular formula is C23H25N5O4S. The van der Waals surface area contributed by atoms with Crippen molar-refractivity contribution in [2.24, 2.45) is 0 Å². The zero-order valence-electron chi connectivity index (χ0n) is 18.2. The van der Waals surface area contributed by atoms with Crippen LogP contribution >= 0.6 is 11.3 Å². The minimum Gasteiger partial charge on any atom is -0.454 e. The van der Waals surface area contributed by atoms with Gasteiger partial charge in [0.15, 0.2) is 16.6 Å². The van der Waals surface area contributed by atoms with Crippen molar-refractivity contribution < 1.29 is 19.1 Å². The molecule has 2 aromatic heterocycles. The van der Waals surface area contributed by atoms with E-state index in [0.29, 0.717) is 31.1 Å². The Labute approximate surface area is 195 Å². The highest BCUT2D eigenvalue weighted by atomic mass is 32.1. The lowest BCUT2D eigenvalue weighted by Crippen LogP contribution is -2.36. The van der Waals surface area contributed by atoms with Gasteiger partial charge in [-0.1, -0.05) is 17.4 Å². The van der Waals surface area contributed by atoms with Gasteiger partial charge in [0.25, 0.3) is 0 Å². The lowest BCUT2D eigenvalue weighted by atomic mass is 10.2. The van der Waals surface area contributed by atoms with Gasteiger partial charge in [0, 0.05) is 51.8 Å². The summed E-state index contributed by atoms with van der Waals surface area (Å²) in [6.07, 6.45) is 3.02. The Hall–Kier alpha value is -3.40. The summed E-state index contributed by atoms with van der Waals surface area (Å²) >= 11 is 1.58. The largest absolute Gasteiger partial charge is 0.454 e. The predicted octanol–water partition coefficient (Wildman–Crippen LogP) is 2.56. The molecule has 1 N–H and O–H groups in total. The van der Waals surface area contributed by atoms with E-state index < -0.39 is 0 Å². The molecule has 0 saturated carbocycles. The number of carbonyl (C=O) groups is 2. The zero-order chi connectivity index (χ0) is 22.6. The number of anilines is 1. The SMILES string of the molecule is O=C(CCC(=O)N1CCCN(c2nc3cccnc3s2)CC1)NCc1ccc2c(c1)OCO2. The van der Waals surface area contributed by atoms with Crippen molar-refractivity contribution in [2.75, 3.05) is 37.9 Å². The molecule has 3 aromatic rings. The minimum absolute atomic E-state index is 0.0149. The first kappa shape index (κ1) is 21.4. The molecule has 33 heavy (non-hydrogen) atoms. The molecule has 0 unspecified atom stereocenters. The Morgan fingerprint density at radius 1 is 1.06 bits per heavy atom. The predicted molar refractivity (Wildman–Crippen MR) is 124 cm³/mol. The summed E-state index contributed by atoms with van der Waals surface area (Å²) in [5.74, 6) is 1.28. The van der Waals surface area contributed by atoms with E-state index in [0.717, 1.165) is 40.6 Å². The van der Waals surface area contributed by atoms with E-state index in [-0.39, 0.29) is 31.4 Å². The number of ether oxygens (including phenoxy) is 2. The molecule has 0 atom stereocenters. The zero-order valence-corrected chi connectivity index (χ0v) is 19.0. The number of hydrogen-bond acceptors (Lipinski definition) is 8. The molecule has 2 aliphatic heterocycles. The van der Waals surface area contributed by atoms with Crippen molar-refractivity contribution in [1.82, 2.24) is 20.2 Å². The Morgan fingerprint density at radius 2 is 1.97 bits per heavy atom. The number of aromatic nitrogens is 2. The number of amides is 2. The molecule has 1 aromatic carbocycles. The average molecular weight is 468 g/mol. The molecule has 1 fully saturated rings. The number of nitrogens with one attached hydrogen (secondary N) is 1. The van der Waals surface area contributed by atoms with E-state index in [2.05, 4.69) is 20.2 Å². The maximum atomic E-state index is 12.7. The second-order valence-electron chi connectivity index (χ2n) is 8.01. The van der Waals surface area contributed by atoms with Crippen molar-refractivity contribution in [2.45, 2.75) is 25.8 Å². The summed E-state index contributed by atoms with van der Waals surface area (Å²) < 4.78 is 10.7. The molecule has 0 radical (unpaired) electrons. The van der Waals surface area contributed by atoms with E-state index >= 15 is 0 Å². The number of fused-ring (bicyclic) bond motifs is 2. The highest BCUT2D eigenvalue weighted by Crippen LogP contribution is 2.32. The maximum absolute atomic E-state index is 12.7. The van der Waals surface area contributed by atoms with Crippen LogP contribution in [0.5, 0.6) is 11.5 Å². The molecule has 172 valence electrons. The monoisotopic (exact) mass is 467 g/mol. The quantitative estimate of drug-likeness (QED) is 0.595. The molecule has 0 bridgehead atoms. The fraction of sp³-hybridized carbons (Fsp3) is 0.391. The summed E-state index contributed by atoms with van der Waals surface area (Å²) in [6, 6.07) is 9.44. The van der Waals surface area contributed by atoms with Crippen molar-refractivity contribution in [3.8, 4) is 11.5 Å². The topological polar surface area (TPSA) is 96.9 Å². The molecule has 2 aliphatic rings. The standard InChI is InChI=1S/C23H25N5O4S/c29-20(25-14-16-4-5-18-19(13-16)32-15-31-18)6-7-21(30)27-9-2-10-28(12-11-27)23-26-17-3-1-8-24-22(17)33-23/h1,3-5,8,13H,2,6-7,9-12,14-15H2,(H,25,29). The summed E-state index contributed by atoms with van der Waals surface area (Å²) in [7, 11) is 0. The highest BCUT2D eigenvalue weighted by molar-refractivity contribution is 7.21. The van der Waals surface area contributed by atoms with Crippen LogP contribution in [0.1, 0.15) is 24.8 Å². The van der Waals surface area contributed by atoms with Crippen LogP contribution in [0.4, 0.5) is 5.13 Å². The molecular weight excluding hydrogens is 442 g/mol. The van der Waals surface area contributed by atoms with Gasteiger partial charge in [-0.25, -0.2) is 9.97 Å². The van der Waals surface area contributed by atoms with Crippen LogP contribution in [-0.4, -0.2) is 59.7 Å². The van der Waals surface area contributed by atoms with E-state index in [4.69, 9.17) is 9.47 Å². The van der Waals surface area contributed by atoms with Crippen LogP contribution in [0.15, 0.2) is 36.5 Å². The van der Waals surface area contributed by atoms with Gasteiger partial charge in [-0.3, -0.25) is 9.59 Å². The maximum Gasteiger partial charge on any atom is 0.231 e. The molecule has 10 heteroatoms. The van der Waals surface area contributed by atoms with Gasteiger partial charge in [-0.2, -0.15) is 0 Å². The van der Waals surface area contributed by atoms with Crippen LogP contribution in [0.25, 0.3) is 10.3 Å². The Bertz CT molecular complexity index is 1130. The fourth-order valence-electron chi connectivity index (χ4n) is 3.97. The molecule has 0 spiro atoms. The number of pyridine rings is 1. The summed E-state index contributed by atoms with van der Waals surface area (Å²) in [4.78, 5) is 39.0. The van der Waals surface area contributed by atoms with Crippen LogP contribution in [0.3, 0.4) is 0 Å². The van der Waals surface area contributed by atoms with Gasteiger partial charge >= 0.3 is 0 Å². The van der Waals surface area contributed by atoms with Gasteiger partial charge < -0.3 is 24.6 Å². The van der Waals surface area contributed by atoms with E-state index in [9.17, 15) is 9.59 Å². The second-order valence-corrected chi connectivity index (χ2v) is 8.97. The number of thiazole rings is 1. The molecule has 4 heterocycles. The van der Waals surface area contributed by atoms with Gasteiger partial charge in [0.2, 0.25) is 18.6 Å². The molecule has 0 aliphatic carbocycles. The third kappa shape index (κ3) is 5.00. The first-order chi connectivity index (χ1) is 16.2. The van der Waals surface area contributed by atoms with E-state index in [1.54, 1.807) is 17.5 Å². The Morgan fingerprint density at radius 3 is 2.88 bits per heavy atom. The van der Waals surface area contributed by atoms with Gasteiger partial charge in [-0.15, -0.1) is 0 Å². The third-order valence-corrected chi connectivity index (χ3v) is 6.81. The Balaban J connectivity index is 1.08. The lowest BCUT2D eigenvalue weighted by Gasteiger charge is -2.21. The minimum atomic E-state index is -0.139. The summed E-state index contributed by atoms with van der Waals surface area (Å²) in [5.41, 5.74) is 1.83. The fourth-order valence-corrected chi connectivity index (χ4v) is 4.93. The van der Waals surface area contributed by atoms with E-state index in [1.807, 2.05) is 35.2 Å². The smallest absolute Gasteiger partial charge is 0.231 e. The van der Waals surface area contributed by atoms with Gasteiger partial charge in [0.05, 0.1) is 0 Å². The molecule has 2 amide bonds. The van der Waals surface area contributed by atoms with Crippen LogP contribution < -0.4 is 19.7 Å². The van der Waals surface area contributed by atoms with Crippen molar-refractivity contribution >= 4 is 38.6 Å². The molecule has 1 saturated heterocycles. The normalized spacial score (nSPS) is 15.5. The summed E-state index contributed by atoms with van der Waals surface area (Å²) in [5, 5.41) is 3.82. The van der Waals surface area contributed by atoms with Crippen molar-refractivity contribution in [3.05, 3.63) is 42.1 Å². The highest BCUT2D eigenvalue weighted by Gasteiger charge is 2.22. The lowest BCUT2D eigenvalue weighted by molar-refractivity contribution is -0.133. The van der Waals surface area contributed by atoms with Crippen LogP contribution in [0, 0.1) is 0 Å². The van der Waals surface area contributed by atoms with Crippen molar-refractivity contribution in [3.63, 3.8) is 0 Å². The first-order valence-corrected chi connectivity index (χ1v) is 11.9. The number of benzene rings is 1. The third-order valence-electron chi connectivity index (χ3n) is 5.77. The van der Waals surface area contributed by atoms with Gasteiger partial charge in [0.1, 0.15) is 10.3 Å². The average Bonchev–Trinajstić information content (AvgIpc) is 3.41. The first-order valence-electron chi connectivity index (χ1n) is 11.1. The van der Waals surface area contributed by atoms with Crippen LogP contribution in [-0.2, 0) is 16.1 Å².